The van der Waals surface area contributed by atoms with Gasteiger partial charge in [0.05, 0.1) is 0 Å². The minimum Gasteiger partial charge on any atom is -0.484 e. The first-order valence-electron chi connectivity index (χ1n) is 3.63. The molecule has 0 saturated heterocycles. The van der Waals surface area contributed by atoms with Gasteiger partial charge in [-0.05, 0) is 28.1 Å². The van der Waals surface area contributed by atoms with Crippen LogP contribution in [0.25, 0.3) is 0 Å². The minimum atomic E-state index is -4.33. The van der Waals surface area contributed by atoms with Crippen LogP contribution in [-0.2, 0) is 0 Å². The zero-order valence-corrected chi connectivity index (χ0v) is 8.52. The van der Waals surface area contributed by atoms with E-state index in [9.17, 15) is 13.2 Å². The van der Waals surface area contributed by atoms with Crippen molar-refractivity contribution >= 4 is 21.6 Å². The van der Waals surface area contributed by atoms with Crippen molar-refractivity contribution in [3.05, 3.63) is 22.7 Å². The molecule has 6 heteroatoms. The molecule has 0 amide bonds. The van der Waals surface area contributed by atoms with Crippen LogP contribution in [0.4, 0.5) is 18.9 Å². The highest BCUT2D eigenvalue weighted by Crippen LogP contribution is 2.25. The van der Waals surface area contributed by atoms with E-state index in [1.807, 2.05) is 0 Å². The van der Waals surface area contributed by atoms with Gasteiger partial charge in [0.15, 0.2) is 6.61 Å². The summed E-state index contributed by atoms with van der Waals surface area (Å²) >= 11 is 3.12. The summed E-state index contributed by atoms with van der Waals surface area (Å²) in [6.45, 7) is -1.31. The Morgan fingerprint density at radius 3 is 2.50 bits per heavy atom. The summed E-state index contributed by atoms with van der Waals surface area (Å²) < 4.78 is 40.4. The number of alkyl halides is 3. The third-order valence-corrected chi connectivity index (χ3v) is 2.09. The Morgan fingerprint density at radius 1 is 1.36 bits per heavy atom. The van der Waals surface area contributed by atoms with E-state index in [4.69, 9.17) is 5.73 Å². The largest absolute Gasteiger partial charge is 0.484 e. The highest BCUT2D eigenvalue weighted by atomic mass is 79.9. The second-order valence-electron chi connectivity index (χ2n) is 2.59. The van der Waals surface area contributed by atoms with Crippen LogP contribution in [0.2, 0.25) is 0 Å². The van der Waals surface area contributed by atoms with Gasteiger partial charge in [-0.3, -0.25) is 0 Å². The number of anilines is 1. The number of hydrogen-bond donors (Lipinski definition) is 1. The fraction of sp³-hybridized carbons (Fsp3) is 0.250. The Balaban J connectivity index is 2.65. The lowest BCUT2D eigenvalue weighted by molar-refractivity contribution is -0.153. The zero-order chi connectivity index (χ0) is 10.8. The lowest BCUT2D eigenvalue weighted by Crippen LogP contribution is -2.19. The maximum absolute atomic E-state index is 11.8. The number of benzene rings is 1. The molecule has 0 aromatic heterocycles. The lowest BCUT2D eigenvalue weighted by atomic mass is 10.3. The van der Waals surface area contributed by atoms with E-state index < -0.39 is 12.8 Å². The summed E-state index contributed by atoms with van der Waals surface area (Å²) in [5.41, 5.74) is 5.79. The van der Waals surface area contributed by atoms with Gasteiger partial charge in [-0.25, -0.2) is 0 Å². The molecule has 14 heavy (non-hydrogen) atoms. The van der Waals surface area contributed by atoms with Gasteiger partial charge >= 0.3 is 6.18 Å². The standard InChI is InChI=1S/C8H7BrF3NO/c9-6-2-1-5(3-7(6)13)14-4-8(10,11)12/h1-3H,4,13H2. The molecule has 0 unspecified atom stereocenters. The van der Waals surface area contributed by atoms with Crippen LogP contribution in [0.5, 0.6) is 5.75 Å². The Bertz CT molecular complexity index is 327. The van der Waals surface area contributed by atoms with Gasteiger partial charge in [0.25, 0.3) is 0 Å². The van der Waals surface area contributed by atoms with Gasteiger partial charge in [-0.1, -0.05) is 0 Å². The Morgan fingerprint density at radius 2 is 2.00 bits per heavy atom. The lowest BCUT2D eigenvalue weighted by Gasteiger charge is -2.09. The third-order valence-electron chi connectivity index (χ3n) is 1.37. The highest BCUT2D eigenvalue weighted by molar-refractivity contribution is 9.10. The highest BCUT2D eigenvalue weighted by Gasteiger charge is 2.28. The first-order valence-corrected chi connectivity index (χ1v) is 4.42. The molecule has 0 aliphatic rings. The first-order chi connectivity index (χ1) is 6.38. The topological polar surface area (TPSA) is 35.2 Å². The van der Waals surface area contributed by atoms with Crippen molar-refractivity contribution in [2.75, 3.05) is 12.3 Å². The van der Waals surface area contributed by atoms with Crippen LogP contribution in [0, 0.1) is 0 Å². The van der Waals surface area contributed by atoms with Gasteiger partial charge in [0.1, 0.15) is 5.75 Å². The molecular formula is C8H7BrF3NO. The van der Waals surface area contributed by atoms with Crippen LogP contribution in [0.15, 0.2) is 22.7 Å². The van der Waals surface area contributed by atoms with E-state index >= 15 is 0 Å². The second kappa shape index (κ2) is 4.08. The van der Waals surface area contributed by atoms with Gasteiger partial charge < -0.3 is 10.5 Å². The van der Waals surface area contributed by atoms with E-state index in [2.05, 4.69) is 20.7 Å². The maximum atomic E-state index is 11.8. The molecule has 0 spiro atoms. The number of rotatable bonds is 2. The van der Waals surface area contributed by atoms with E-state index in [1.54, 1.807) is 0 Å². The monoisotopic (exact) mass is 269 g/mol. The van der Waals surface area contributed by atoms with Crippen LogP contribution < -0.4 is 10.5 Å². The fourth-order valence-electron chi connectivity index (χ4n) is 0.777. The van der Waals surface area contributed by atoms with Crippen LogP contribution in [-0.4, -0.2) is 12.8 Å². The number of halogens is 4. The third kappa shape index (κ3) is 3.45. The normalized spacial score (nSPS) is 11.4. The SMILES string of the molecule is Nc1cc(OCC(F)(F)F)ccc1Br. The number of nitrogens with two attached hydrogens (primary N) is 1. The molecule has 2 N–H and O–H groups in total. The van der Waals surface area contributed by atoms with E-state index in [1.165, 1.54) is 18.2 Å². The molecule has 1 aromatic rings. The summed E-state index contributed by atoms with van der Waals surface area (Å²) in [5.74, 6) is 0.100. The number of ether oxygens (including phenoxy) is 1. The quantitative estimate of drug-likeness (QED) is 0.838. The molecule has 0 heterocycles. The summed E-state index contributed by atoms with van der Waals surface area (Å²) in [6, 6.07) is 4.27. The molecule has 0 fully saturated rings. The maximum Gasteiger partial charge on any atom is 0.422 e. The molecule has 0 aliphatic carbocycles. The van der Waals surface area contributed by atoms with E-state index in [-0.39, 0.29) is 5.75 Å². The molecule has 2 nitrogen and oxygen atoms in total. The molecule has 0 bridgehead atoms. The van der Waals surface area contributed by atoms with Crippen LogP contribution >= 0.6 is 15.9 Å². The van der Waals surface area contributed by atoms with Gasteiger partial charge in [0.2, 0.25) is 0 Å². The average Bonchev–Trinajstić information content (AvgIpc) is 2.06. The summed E-state index contributed by atoms with van der Waals surface area (Å²) in [5, 5.41) is 0. The molecule has 0 aliphatic heterocycles. The summed E-state index contributed by atoms with van der Waals surface area (Å²) in [6.07, 6.45) is -4.33. The molecule has 0 atom stereocenters. The van der Waals surface area contributed by atoms with Crippen molar-refractivity contribution < 1.29 is 17.9 Å². The van der Waals surface area contributed by atoms with Gasteiger partial charge in [-0.2, -0.15) is 13.2 Å². The molecule has 0 saturated carbocycles. The summed E-state index contributed by atoms with van der Waals surface area (Å²) in [4.78, 5) is 0. The number of hydrogen-bond acceptors (Lipinski definition) is 2. The smallest absolute Gasteiger partial charge is 0.422 e. The van der Waals surface area contributed by atoms with Crippen molar-refractivity contribution in [3.8, 4) is 5.75 Å². The Kier molecular flexibility index (Phi) is 3.25. The van der Waals surface area contributed by atoms with Crippen LogP contribution in [0.3, 0.4) is 0 Å². The van der Waals surface area contributed by atoms with Crippen LogP contribution in [0.1, 0.15) is 0 Å². The zero-order valence-electron chi connectivity index (χ0n) is 6.94. The summed E-state index contributed by atoms with van der Waals surface area (Å²) in [7, 11) is 0. The van der Waals surface area contributed by atoms with Gasteiger partial charge in [0, 0.05) is 16.2 Å². The van der Waals surface area contributed by atoms with Crippen molar-refractivity contribution in [1.29, 1.82) is 0 Å². The molecule has 0 radical (unpaired) electrons. The molecular weight excluding hydrogens is 263 g/mol. The Hall–Kier alpha value is -0.910. The predicted molar refractivity (Wildman–Crippen MR) is 50.1 cm³/mol. The second-order valence-corrected chi connectivity index (χ2v) is 3.44. The predicted octanol–water partition coefficient (Wildman–Crippen LogP) is 2.97. The first kappa shape index (κ1) is 11.2. The average molecular weight is 270 g/mol. The van der Waals surface area contributed by atoms with Gasteiger partial charge in [-0.15, -0.1) is 0 Å². The molecule has 1 rings (SSSR count). The van der Waals surface area contributed by atoms with Crippen molar-refractivity contribution in [1.82, 2.24) is 0 Å². The molecule has 1 aromatic carbocycles. The minimum absolute atomic E-state index is 0.100. The van der Waals surface area contributed by atoms with Crippen molar-refractivity contribution in [2.45, 2.75) is 6.18 Å². The van der Waals surface area contributed by atoms with Crippen molar-refractivity contribution in [2.24, 2.45) is 0 Å². The Labute approximate surface area is 87.0 Å². The molecule has 78 valence electrons. The van der Waals surface area contributed by atoms with Crippen molar-refractivity contribution in [3.63, 3.8) is 0 Å². The fourth-order valence-corrected chi connectivity index (χ4v) is 1.02. The van der Waals surface area contributed by atoms with E-state index in [0.29, 0.717) is 10.2 Å². The van der Waals surface area contributed by atoms with E-state index in [0.717, 1.165) is 0 Å². The number of nitrogen functional groups attached to an aromatic ring is 1.